The van der Waals surface area contributed by atoms with E-state index in [0.29, 0.717) is 24.6 Å². The van der Waals surface area contributed by atoms with E-state index in [0.717, 1.165) is 35.0 Å². The zero-order chi connectivity index (χ0) is 20.8. The second-order valence-corrected chi connectivity index (χ2v) is 12.5. The van der Waals surface area contributed by atoms with Crippen LogP contribution in [0.15, 0.2) is 36.4 Å². The molecule has 2 N–H and O–H groups in total. The van der Waals surface area contributed by atoms with Crippen LogP contribution in [0.2, 0.25) is 0 Å². The predicted molar refractivity (Wildman–Crippen MR) is 127 cm³/mol. The summed E-state index contributed by atoms with van der Waals surface area (Å²) >= 11 is 1.70. The van der Waals surface area contributed by atoms with Crippen LogP contribution in [0.1, 0.15) is 20.8 Å². The molecular formula is C21H30N4O2S2. The number of pyridine rings is 1. The van der Waals surface area contributed by atoms with Crippen molar-refractivity contribution in [1.29, 1.82) is 0 Å². The molecule has 2 aliphatic rings. The van der Waals surface area contributed by atoms with Crippen molar-refractivity contribution < 1.29 is 9.11 Å². The first kappa shape index (κ1) is 20.7. The molecule has 1 saturated heterocycles. The lowest BCUT2D eigenvalue weighted by molar-refractivity contribution is 0.432. The van der Waals surface area contributed by atoms with Gasteiger partial charge < -0.3 is 4.90 Å². The zero-order valence-corrected chi connectivity index (χ0v) is 19.1. The Morgan fingerprint density at radius 1 is 1.10 bits per heavy atom. The smallest absolute Gasteiger partial charge is 0.164 e. The molecule has 1 aromatic heterocycles. The monoisotopic (exact) mass is 434 g/mol. The van der Waals surface area contributed by atoms with Crippen LogP contribution in [0.4, 0.5) is 17.2 Å². The number of nitrogens with zero attached hydrogens (tertiary/aromatic N) is 4. The van der Waals surface area contributed by atoms with Gasteiger partial charge in [-0.2, -0.15) is 10.6 Å². The Bertz CT molecular complexity index is 890. The molecule has 0 saturated carbocycles. The second kappa shape index (κ2) is 7.58. The fourth-order valence-corrected chi connectivity index (χ4v) is 6.06. The number of rotatable bonds is 3. The van der Waals surface area contributed by atoms with Gasteiger partial charge in [0, 0.05) is 37.9 Å². The number of benzene rings is 1. The Kier molecular flexibility index (Phi) is 5.40. The summed E-state index contributed by atoms with van der Waals surface area (Å²) in [6.07, 6.45) is 0. The van der Waals surface area contributed by atoms with Crippen LogP contribution in [0.3, 0.4) is 0 Å². The number of fused-ring (bicyclic) bond motifs is 1. The number of anilines is 3. The van der Waals surface area contributed by atoms with Crippen molar-refractivity contribution in [3.63, 3.8) is 0 Å². The fourth-order valence-electron chi connectivity index (χ4n) is 3.65. The maximum absolute atomic E-state index is 9.87. The van der Waals surface area contributed by atoms with Gasteiger partial charge in [-0.1, -0.05) is 32.9 Å². The van der Waals surface area contributed by atoms with E-state index < -0.39 is 10.6 Å². The summed E-state index contributed by atoms with van der Waals surface area (Å²) in [5.74, 6) is 1.88. The molecule has 8 heteroatoms. The van der Waals surface area contributed by atoms with E-state index in [1.807, 2.05) is 0 Å². The first-order valence-electron chi connectivity index (χ1n) is 9.91. The van der Waals surface area contributed by atoms with Gasteiger partial charge in [0.05, 0.1) is 35.0 Å². The minimum atomic E-state index is -2.38. The van der Waals surface area contributed by atoms with Crippen molar-refractivity contribution in [2.75, 3.05) is 51.7 Å². The fraction of sp³-hybridized carbons (Fsp3) is 0.476. The summed E-state index contributed by atoms with van der Waals surface area (Å²) in [5, 5.41) is 0. The lowest BCUT2D eigenvalue weighted by atomic mass is 9.97. The normalized spacial score (nSPS) is 20.0. The van der Waals surface area contributed by atoms with Gasteiger partial charge in [-0.05, 0) is 29.7 Å². The first-order chi connectivity index (χ1) is 13.6. The summed E-state index contributed by atoms with van der Waals surface area (Å²) in [6.45, 7) is 9.05. The summed E-state index contributed by atoms with van der Waals surface area (Å²) in [5.41, 5.74) is 4.51. The molecule has 0 aliphatic carbocycles. The van der Waals surface area contributed by atoms with Gasteiger partial charge in [-0.25, -0.2) is 4.98 Å². The topological polar surface area (TPSA) is 63.1 Å². The molecule has 0 bridgehead atoms. The van der Waals surface area contributed by atoms with Crippen LogP contribution in [0.25, 0.3) is 11.3 Å². The van der Waals surface area contributed by atoms with E-state index in [-0.39, 0.29) is 5.41 Å². The summed E-state index contributed by atoms with van der Waals surface area (Å²) < 4.78 is 24.2. The molecule has 2 aromatic rings. The third kappa shape index (κ3) is 4.60. The highest BCUT2D eigenvalue weighted by Gasteiger charge is 2.30. The van der Waals surface area contributed by atoms with Gasteiger partial charge >= 0.3 is 0 Å². The Morgan fingerprint density at radius 3 is 2.52 bits per heavy atom. The van der Waals surface area contributed by atoms with E-state index >= 15 is 0 Å². The highest BCUT2D eigenvalue weighted by Crippen LogP contribution is 2.45. The minimum absolute atomic E-state index is 0.208. The van der Waals surface area contributed by atoms with Crippen LogP contribution in [0, 0.1) is 5.41 Å². The molecule has 0 atom stereocenters. The molecule has 29 heavy (non-hydrogen) atoms. The maximum Gasteiger partial charge on any atom is 0.164 e. The van der Waals surface area contributed by atoms with Crippen LogP contribution in [-0.2, 0) is 0 Å². The highest BCUT2D eigenvalue weighted by atomic mass is 32.3. The van der Waals surface area contributed by atoms with E-state index in [2.05, 4.69) is 77.7 Å². The van der Waals surface area contributed by atoms with Gasteiger partial charge in [0.1, 0.15) is 0 Å². The van der Waals surface area contributed by atoms with Crippen LogP contribution in [0.5, 0.6) is 0 Å². The van der Waals surface area contributed by atoms with E-state index in [1.165, 1.54) is 0 Å². The molecule has 6 nitrogen and oxygen atoms in total. The van der Waals surface area contributed by atoms with Crippen molar-refractivity contribution in [3.05, 3.63) is 36.4 Å². The number of hydrogen-bond acceptors (Lipinski definition) is 7. The summed E-state index contributed by atoms with van der Waals surface area (Å²) in [4.78, 5) is 7.19. The van der Waals surface area contributed by atoms with Gasteiger partial charge in [0.25, 0.3) is 0 Å². The predicted octanol–water partition coefficient (Wildman–Crippen LogP) is 5.18. The SMILES string of the molecule is CN1SN(CC(C)(C)C)c2ccc(-c3cccc(N4CCS(O)(O)CC4)c3)nc21. The number of hydrogen-bond donors (Lipinski definition) is 2. The zero-order valence-electron chi connectivity index (χ0n) is 17.5. The Morgan fingerprint density at radius 2 is 1.83 bits per heavy atom. The average Bonchev–Trinajstić information content (AvgIpc) is 2.95. The maximum atomic E-state index is 9.87. The van der Waals surface area contributed by atoms with Crippen molar-refractivity contribution in [2.45, 2.75) is 20.8 Å². The van der Waals surface area contributed by atoms with E-state index in [9.17, 15) is 9.11 Å². The van der Waals surface area contributed by atoms with E-state index in [4.69, 9.17) is 4.98 Å². The van der Waals surface area contributed by atoms with Gasteiger partial charge in [0.2, 0.25) is 0 Å². The van der Waals surface area contributed by atoms with Crippen LogP contribution in [-0.4, -0.2) is 52.3 Å². The third-order valence-electron chi connectivity index (χ3n) is 5.14. The van der Waals surface area contributed by atoms with Gasteiger partial charge in [0.15, 0.2) is 5.82 Å². The molecule has 158 valence electrons. The molecule has 0 unspecified atom stereocenters. The summed E-state index contributed by atoms with van der Waals surface area (Å²) in [7, 11) is -0.323. The lowest BCUT2D eigenvalue weighted by Gasteiger charge is -2.42. The summed E-state index contributed by atoms with van der Waals surface area (Å²) in [6, 6.07) is 12.6. The molecule has 1 aromatic carbocycles. The Labute approximate surface area is 179 Å². The minimum Gasteiger partial charge on any atom is -0.368 e. The average molecular weight is 435 g/mol. The molecule has 3 heterocycles. The first-order valence-corrected chi connectivity index (χ1v) is 12.5. The standard InChI is InChI=1S/C21H30N4O2S2/c1-21(2,3)15-25-19-9-8-18(22-20(19)23(4)28-25)16-6-5-7-17(14-16)24-10-12-29(26,27)13-11-24/h5-9,14,26-27H,10-13,15H2,1-4H3. The van der Waals surface area contributed by atoms with E-state index in [1.54, 1.807) is 12.1 Å². The third-order valence-corrected chi connectivity index (χ3v) is 7.76. The van der Waals surface area contributed by atoms with Crippen LogP contribution < -0.4 is 13.5 Å². The largest absolute Gasteiger partial charge is 0.368 e. The van der Waals surface area contributed by atoms with Crippen molar-refractivity contribution >= 4 is 39.9 Å². The lowest BCUT2D eigenvalue weighted by Crippen LogP contribution is -2.38. The van der Waals surface area contributed by atoms with Gasteiger partial charge in [-0.15, -0.1) is 0 Å². The Balaban J connectivity index is 1.58. The molecule has 0 amide bonds. The molecule has 2 aliphatic heterocycles. The highest BCUT2D eigenvalue weighted by molar-refractivity contribution is 8.24. The quantitative estimate of drug-likeness (QED) is 0.645. The number of aromatic nitrogens is 1. The van der Waals surface area contributed by atoms with Crippen LogP contribution >= 0.6 is 22.7 Å². The Hall–Kier alpha value is -1.61. The molecule has 1 fully saturated rings. The molecule has 4 rings (SSSR count). The molecule has 0 radical (unpaired) electrons. The van der Waals surface area contributed by atoms with Gasteiger partial charge in [-0.3, -0.25) is 17.7 Å². The van der Waals surface area contributed by atoms with Crippen molar-refractivity contribution in [2.24, 2.45) is 5.41 Å². The molecule has 0 spiro atoms. The van der Waals surface area contributed by atoms with Crippen molar-refractivity contribution in [1.82, 2.24) is 4.98 Å². The molecular weight excluding hydrogens is 404 g/mol. The van der Waals surface area contributed by atoms with Crippen molar-refractivity contribution in [3.8, 4) is 11.3 Å². The second-order valence-electron chi connectivity index (χ2n) is 8.96.